The first-order valence-electron chi connectivity index (χ1n) is 7.04. The first-order valence-corrected chi connectivity index (χ1v) is 9.80. The molecule has 2 rings (SSSR count). The molecule has 0 spiro atoms. The van der Waals surface area contributed by atoms with Crippen LogP contribution in [0.1, 0.15) is 37.9 Å². The van der Waals surface area contributed by atoms with Crippen LogP contribution in [0.15, 0.2) is 33.4 Å². The minimum Gasteiger partial charge on any atom is -0.467 e. The Balaban J connectivity index is 2.01. The lowest BCUT2D eigenvalue weighted by atomic mass is 10.2. The molecule has 0 radical (unpaired) electrons. The molecule has 0 atom stereocenters. The molecule has 0 amide bonds. The lowest BCUT2D eigenvalue weighted by molar-refractivity contribution is 0.285. The zero-order valence-corrected chi connectivity index (χ0v) is 14.7. The molecule has 20 heavy (non-hydrogen) atoms. The predicted octanol–water partition coefficient (Wildman–Crippen LogP) is 5.13. The summed E-state index contributed by atoms with van der Waals surface area (Å²) in [5.41, 5.74) is 0. The molecule has 0 aromatic carbocycles. The Kier molecular flexibility index (Phi) is 7.08. The third kappa shape index (κ3) is 4.58. The fraction of sp³-hybridized carbons (Fsp3) is 0.600. The minimum absolute atomic E-state index is 0.0219. The molecular formula is C15H21BrO2S2. The number of hydrogen-bond donors (Lipinski definition) is 1. The van der Waals surface area contributed by atoms with Crippen molar-refractivity contribution in [2.24, 2.45) is 0 Å². The normalized spacial score (nSPS) is 19.2. The molecule has 1 aromatic heterocycles. The van der Waals surface area contributed by atoms with Crippen molar-refractivity contribution in [3.8, 4) is 0 Å². The maximum atomic E-state index is 8.81. The third-order valence-electron chi connectivity index (χ3n) is 3.24. The predicted molar refractivity (Wildman–Crippen MR) is 92.5 cm³/mol. The molecule has 1 N–H and O–H groups in total. The van der Waals surface area contributed by atoms with Crippen LogP contribution in [0.5, 0.6) is 0 Å². The number of thioether (sulfide) groups is 2. The zero-order chi connectivity index (χ0) is 14.3. The molecule has 5 heteroatoms. The van der Waals surface area contributed by atoms with Gasteiger partial charge in [0.15, 0.2) is 0 Å². The fourth-order valence-corrected chi connectivity index (χ4v) is 6.52. The second kappa shape index (κ2) is 8.57. The lowest BCUT2D eigenvalue weighted by Crippen LogP contribution is -2.22. The maximum Gasteiger partial charge on any atom is 0.130 e. The Bertz CT molecular complexity index is 412. The molecule has 0 saturated carbocycles. The van der Waals surface area contributed by atoms with Crippen molar-refractivity contribution in [3.63, 3.8) is 0 Å². The van der Waals surface area contributed by atoms with Crippen LogP contribution in [0.4, 0.5) is 0 Å². The lowest BCUT2D eigenvalue weighted by Gasteiger charge is -2.34. The minimum atomic E-state index is 0.0219. The summed E-state index contributed by atoms with van der Waals surface area (Å²) in [5.74, 6) is 3.46. The molecule has 1 fully saturated rings. The van der Waals surface area contributed by atoms with Crippen LogP contribution in [-0.4, -0.2) is 23.2 Å². The van der Waals surface area contributed by atoms with Gasteiger partial charge in [0.1, 0.15) is 9.84 Å². The van der Waals surface area contributed by atoms with Gasteiger partial charge in [-0.2, -0.15) is 0 Å². The first-order chi connectivity index (χ1) is 9.77. The average Bonchev–Trinajstić information content (AvgIpc) is 2.99. The van der Waals surface area contributed by atoms with E-state index in [1.807, 2.05) is 29.6 Å². The Morgan fingerprint density at radius 1 is 1.40 bits per heavy atom. The first kappa shape index (κ1) is 16.5. The quantitative estimate of drug-likeness (QED) is 0.668. The number of aliphatic hydroxyl groups excluding tert-OH is 1. The van der Waals surface area contributed by atoms with Gasteiger partial charge in [0, 0.05) is 13.0 Å². The van der Waals surface area contributed by atoms with Gasteiger partial charge in [0.25, 0.3) is 0 Å². The molecule has 112 valence electrons. The van der Waals surface area contributed by atoms with Crippen LogP contribution in [0.2, 0.25) is 0 Å². The van der Waals surface area contributed by atoms with Gasteiger partial charge in [-0.3, -0.25) is 0 Å². The van der Waals surface area contributed by atoms with Gasteiger partial charge in [-0.25, -0.2) is 0 Å². The van der Waals surface area contributed by atoms with Crippen molar-refractivity contribution in [1.82, 2.24) is 0 Å². The summed E-state index contributed by atoms with van der Waals surface area (Å²) in [5, 5.41) is 8.81. The second-order valence-electron chi connectivity index (χ2n) is 4.83. The van der Waals surface area contributed by atoms with E-state index in [0.717, 1.165) is 31.4 Å². The highest BCUT2D eigenvalue weighted by Crippen LogP contribution is 2.54. The number of rotatable bonds is 7. The van der Waals surface area contributed by atoms with E-state index in [-0.39, 0.29) is 10.7 Å². The van der Waals surface area contributed by atoms with Crippen LogP contribution < -0.4 is 0 Å². The summed E-state index contributed by atoms with van der Waals surface area (Å²) in [7, 11) is 0. The van der Waals surface area contributed by atoms with Gasteiger partial charge in [-0.1, -0.05) is 22.0 Å². The topological polar surface area (TPSA) is 33.4 Å². The SMILES string of the molecule is OCCCC/C=C(\Br)CC1(c2ccco2)SCCCS1. The molecule has 0 bridgehead atoms. The molecule has 2 heterocycles. The van der Waals surface area contributed by atoms with Crippen molar-refractivity contribution >= 4 is 39.5 Å². The molecular weight excluding hydrogens is 356 g/mol. The number of allylic oxidation sites excluding steroid dienone is 2. The highest BCUT2D eigenvalue weighted by molar-refractivity contribution is 9.11. The largest absolute Gasteiger partial charge is 0.467 e. The van der Waals surface area contributed by atoms with Crippen molar-refractivity contribution in [2.45, 2.75) is 36.2 Å². The Morgan fingerprint density at radius 2 is 2.20 bits per heavy atom. The highest BCUT2D eigenvalue weighted by Gasteiger charge is 2.38. The Morgan fingerprint density at radius 3 is 2.85 bits per heavy atom. The van der Waals surface area contributed by atoms with E-state index in [1.165, 1.54) is 22.4 Å². The third-order valence-corrected chi connectivity index (χ3v) is 7.16. The van der Waals surface area contributed by atoms with Crippen molar-refractivity contribution < 1.29 is 9.52 Å². The number of halogens is 1. The van der Waals surface area contributed by atoms with Gasteiger partial charge in [0.05, 0.1) is 6.26 Å². The van der Waals surface area contributed by atoms with E-state index in [9.17, 15) is 0 Å². The molecule has 0 unspecified atom stereocenters. The van der Waals surface area contributed by atoms with E-state index in [0.29, 0.717) is 0 Å². The summed E-state index contributed by atoms with van der Waals surface area (Å²) in [6.45, 7) is 0.285. The van der Waals surface area contributed by atoms with E-state index >= 15 is 0 Å². The van der Waals surface area contributed by atoms with E-state index < -0.39 is 0 Å². The van der Waals surface area contributed by atoms with Crippen molar-refractivity contribution in [1.29, 1.82) is 0 Å². The van der Waals surface area contributed by atoms with Gasteiger partial charge in [0.2, 0.25) is 0 Å². The summed E-state index contributed by atoms with van der Waals surface area (Å²) < 4.78 is 6.96. The van der Waals surface area contributed by atoms with Gasteiger partial charge >= 0.3 is 0 Å². The average molecular weight is 377 g/mol. The highest BCUT2D eigenvalue weighted by atomic mass is 79.9. The maximum absolute atomic E-state index is 8.81. The molecule has 1 saturated heterocycles. The second-order valence-corrected chi connectivity index (χ2v) is 8.89. The van der Waals surface area contributed by atoms with Gasteiger partial charge in [-0.15, -0.1) is 23.5 Å². The molecule has 1 aliphatic heterocycles. The van der Waals surface area contributed by atoms with Crippen LogP contribution in [0.25, 0.3) is 0 Å². The smallest absolute Gasteiger partial charge is 0.130 e. The molecule has 2 nitrogen and oxygen atoms in total. The summed E-state index contributed by atoms with van der Waals surface area (Å²) >= 11 is 7.71. The molecule has 0 aliphatic carbocycles. The van der Waals surface area contributed by atoms with E-state index in [4.69, 9.17) is 9.52 Å². The van der Waals surface area contributed by atoms with E-state index in [2.05, 4.69) is 28.1 Å². The zero-order valence-electron chi connectivity index (χ0n) is 11.5. The standard InChI is InChI=1S/C15H21BrO2S2/c16-13(6-2-1-3-8-17)12-15(14-7-4-9-18-14)19-10-5-11-20-15/h4,6-7,9,17H,1-3,5,8,10-12H2/b13-6-. The van der Waals surface area contributed by atoms with Crippen molar-refractivity contribution in [2.75, 3.05) is 18.1 Å². The summed E-state index contributed by atoms with van der Waals surface area (Å²) in [6.07, 6.45) is 9.19. The number of aliphatic hydroxyl groups is 1. The van der Waals surface area contributed by atoms with Crippen LogP contribution >= 0.6 is 39.5 Å². The van der Waals surface area contributed by atoms with E-state index in [1.54, 1.807) is 6.26 Å². The van der Waals surface area contributed by atoms with Crippen LogP contribution in [0, 0.1) is 0 Å². The monoisotopic (exact) mass is 376 g/mol. The van der Waals surface area contributed by atoms with Gasteiger partial charge in [-0.05, 0) is 53.8 Å². The Labute approximate surface area is 137 Å². The van der Waals surface area contributed by atoms with Gasteiger partial charge < -0.3 is 9.52 Å². The molecule has 1 aromatic rings. The number of furan rings is 1. The number of unbranched alkanes of at least 4 members (excludes halogenated alkanes) is 2. The molecule has 1 aliphatic rings. The fourth-order valence-electron chi connectivity index (χ4n) is 2.21. The van der Waals surface area contributed by atoms with Crippen LogP contribution in [0.3, 0.4) is 0 Å². The Hall–Kier alpha value is 0.160. The van der Waals surface area contributed by atoms with Crippen molar-refractivity contribution in [3.05, 3.63) is 34.7 Å². The van der Waals surface area contributed by atoms with Crippen LogP contribution in [-0.2, 0) is 4.08 Å². The summed E-state index contributed by atoms with van der Waals surface area (Å²) in [4.78, 5) is 0. The number of hydrogen-bond acceptors (Lipinski definition) is 4. The summed E-state index contributed by atoms with van der Waals surface area (Å²) in [6, 6.07) is 4.07.